The highest BCUT2D eigenvalue weighted by molar-refractivity contribution is 5.95. The lowest BCUT2D eigenvalue weighted by atomic mass is 10.1. The van der Waals surface area contributed by atoms with Crippen molar-refractivity contribution in [2.45, 2.75) is 62.7 Å². The quantitative estimate of drug-likeness (QED) is 0.0937. The van der Waals surface area contributed by atoms with Crippen molar-refractivity contribution < 1.29 is 43.8 Å². The van der Waals surface area contributed by atoms with Crippen LogP contribution in [0, 0.1) is 0 Å². The third-order valence-corrected chi connectivity index (χ3v) is 4.94. The van der Waals surface area contributed by atoms with Crippen LogP contribution in [-0.4, -0.2) is 85.8 Å². The minimum Gasteiger partial charge on any atom is -0.481 e. The number of carboxylic acids is 2. The van der Waals surface area contributed by atoms with Gasteiger partial charge in [0.05, 0.1) is 18.8 Å². The summed E-state index contributed by atoms with van der Waals surface area (Å²) in [6.07, 6.45) is 0.351. The van der Waals surface area contributed by atoms with Crippen LogP contribution in [0.1, 0.15) is 37.8 Å². The smallest absolute Gasteiger partial charge is 0.326 e. The molecule has 0 saturated heterocycles. The fourth-order valence-corrected chi connectivity index (χ4v) is 3.04. The molecule has 17 nitrogen and oxygen atoms in total. The van der Waals surface area contributed by atoms with Crippen LogP contribution in [0.25, 0.3) is 0 Å². The third-order valence-electron chi connectivity index (χ3n) is 4.94. The van der Waals surface area contributed by atoms with Crippen LogP contribution in [0.2, 0.25) is 0 Å². The Hall–Kier alpha value is -4.54. The Morgan fingerprint density at radius 3 is 1.92 bits per heavy atom. The van der Waals surface area contributed by atoms with Gasteiger partial charge < -0.3 is 48.3 Å². The van der Waals surface area contributed by atoms with Gasteiger partial charge in [-0.25, -0.2) is 9.78 Å². The van der Waals surface area contributed by atoms with Crippen molar-refractivity contribution in [2.24, 2.45) is 17.2 Å². The molecule has 5 amide bonds. The Kier molecular flexibility index (Phi) is 12.2. The minimum absolute atomic E-state index is 0.194. The second-order valence-corrected chi connectivity index (χ2v) is 8.02. The molecule has 4 atom stereocenters. The number of carboxylic acid groups (broad SMARTS) is 2. The van der Waals surface area contributed by atoms with Gasteiger partial charge in [0.15, 0.2) is 0 Å². The Morgan fingerprint density at radius 2 is 1.41 bits per heavy atom. The average molecular weight is 527 g/mol. The number of hydrogen-bond donors (Lipinski definition) is 9. The van der Waals surface area contributed by atoms with E-state index in [-0.39, 0.29) is 19.3 Å². The van der Waals surface area contributed by atoms with E-state index in [9.17, 15) is 38.7 Å². The highest BCUT2D eigenvalue weighted by Gasteiger charge is 2.31. The molecule has 0 aromatic carbocycles. The number of nitrogens with zero attached hydrogens (tertiary/aromatic N) is 1. The zero-order valence-electron chi connectivity index (χ0n) is 19.6. The van der Waals surface area contributed by atoms with Gasteiger partial charge in [-0.1, -0.05) is 0 Å². The molecule has 1 rings (SSSR count). The Bertz CT molecular complexity index is 998. The molecule has 0 fully saturated rings. The first-order valence-corrected chi connectivity index (χ1v) is 10.9. The van der Waals surface area contributed by atoms with Crippen molar-refractivity contribution >= 4 is 41.5 Å². The van der Waals surface area contributed by atoms with Crippen molar-refractivity contribution in [1.29, 1.82) is 0 Å². The number of nitrogens with one attached hydrogen (secondary N) is 4. The topological polar surface area (TPSA) is 303 Å². The standard InChI is InChI=1S/C20H30N8O9/c21-10(6-15(23)30)17(33)26-11(1-3-14(22)29)18(34)28-13(5-9-7-24-8-25-9)19(35)27-12(20(36)37)2-4-16(31)32/h7-8,10-13H,1-6,21H2,(H2,22,29)(H2,23,30)(H,24,25)(H,26,33)(H,27,35)(H,28,34)(H,31,32)(H,36,37). The number of aromatic amines is 1. The molecule has 37 heavy (non-hydrogen) atoms. The molecule has 1 aromatic rings. The number of imidazole rings is 1. The van der Waals surface area contributed by atoms with Crippen LogP contribution >= 0.6 is 0 Å². The minimum atomic E-state index is -1.57. The number of hydrogen-bond acceptors (Lipinski definition) is 9. The molecule has 0 saturated carbocycles. The highest BCUT2D eigenvalue weighted by Crippen LogP contribution is 2.06. The zero-order chi connectivity index (χ0) is 28.1. The van der Waals surface area contributed by atoms with Gasteiger partial charge in [0.1, 0.15) is 18.1 Å². The van der Waals surface area contributed by atoms with Gasteiger partial charge in [-0.05, 0) is 12.8 Å². The van der Waals surface area contributed by atoms with Gasteiger partial charge in [-0.3, -0.25) is 28.8 Å². The van der Waals surface area contributed by atoms with Gasteiger partial charge in [-0.15, -0.1) is 0 Å². The summed E-state index contributed by atoms with van der Waals surface area (Å²) in [5, 5.41) is 25.0. The fraction of sp³-hybridized carbons (Fsp3) is 0.500. The Labute approximate surface area is 209 Å². The van der Waals surface area contributed by atoms with Crippen LogP contribution in [0.3, 0.4) is 0 Å². The molecule has 4 unspecified atom stereocenters. The summed E-state index contributed by atoms with van der Waals surface area (Å²) < 4.78 is 0. The van der Waals surface area contributed by atoms with Gasteiger partial charge in [0.2, 0.25) is 29.5 Å². The van der Waals surface area contributed by atoms with E-state index in [4.69, 9.17) is 22.3 Å². The van der Waals surface area contributed by atoms with Crippen molar-refractivity contribution in [1.82, 2.24) is 25.9 Å². The first-order valence-electron chi connectivity index (χ1n) is 10.9. The number of primary amides is 2. The number of amides is 5. The molecule has 1 heterocycles. The number of aromatic nitrogens is 2. The number of nitrogens with two attached hydrogens (primary N) is 3. The van der Waals surface area contributed by atoms with Crippen LogP contribution in [-0.2, 0) is 40.0 Å². The normalized spacial score (nSPS) is 13.9. The predicted molar refractivity (Wildman–Crippen MR) is 123 cm³/mol. The first kappa shape index (κ1) is 30.5. The van der Waals surface area contributed by atoms with Crippen molar-refractivity contribution in [3.05, 3.63) is 18.2 Å². The number of aliphatic carboxylic acids is 2. The molecule has 12 N–H and O–H groups in total. The van der Waals surface area contributed by atoms with Gasteiger partial charge in [-0.2, -0.15) is 0 Å². The molecule has 0 radical (unpaired) electrons. The summed E-state index contributed by atoms with van der Waals surface area (Å²) in [7, 11) is 0. The Balaban J connectivity index is 3.09. The average Bonchev–Trinajstić information content (AvgIpc) is 3.30. The Morgan fingerprint density at radius 1 is 0.838 bits per heavy atom. The molecule has 0 aliphatic carbocycles. The molecular weight excluding hydrogens is 496 g/mol. The van der Waals surface area contributed by atoms with E-state index in [1.165, 1.54) is 12.5 Å². The van der Waals surface area contributed by atoms with Crippen LogP contribution < -0.4 is 33.2 Å². The molecule has 0 spiro atoms. The van der Waals surface area contributed by atoms with Crippen molar-refractivity contribution in [2.75, 3.05) is 0 Å². The van der Waals surface area contributed by atoms with E-state index in [0.29, 0.717) is 5.69 Å². The zero-order valence-corrected chi connectivity index (χ0v) is 19.6. The van der Waals surface area contributed by atoms with Gasteiger partial charge in [0, 0.05) is 31.2 Å². The molecule has 0 aliphatic heterocycles. The molecule has 204 valence electrons. The first-order chi connectivity index (χ1) is 17.3. The third kappa shape index (κ3) is 11.6. The molecule has 0 aliphatic rings. The van der Waals surface area contributed by atoms with Crippen LogP contribution in [0.15, 0.2) is 12.5 Å². The van der Waals surface area contributed by atoms with E-state index in [1.807, 2.05) is 0 Å². The molecule has 17 heteroatoms. The van der Waals surface area contributed by atoms with Crippen LogP contribution in [0.4, 0.5) is 0 Å². The van der Waals surface area contributed by atoms with E-state index in [0.717, 1.165) is 0 Å². The lowest BCUT2D eigenvalue weighted by Crippen LogP contribution is -2.58. The molecule has 0 bridgehead atoms. The lowest BCUT2D eigenvalue weighted by molar-refractivity contribution is -0.143. The van der Waals surface area contributed by atoms with Crippen molar-refractivity contribution in [3.63, 3.8) is 0 Å². The maximum atomic E-state index is 13.0. The molecule has 1 aromatic heterocycles. The summed E-state index contributed by atoms with van der Waals surface area (Å²) in [5.41, 5.74) is 16.1. The second kappa shape index (κ2) is 14.8. The lowest BCUT2D eigenvalue weighted by Gasteiger charge is -2.25. The largest absolute Gasteiger partial charge is 0.481 e. The monoisotopic (exact) mass is 526 g/mol. The van der Waals surface area contributed by atoms with Gasteiger partial charge >= 0.3 is 11.9 Å². The maximum absolute atomic E-state index is 13.0. The molecular formula is C20H30N8O9. The number of carbonyl (C=O) groups is 7. The van der Waals surface area contributed by atoms with E-state index in [1.54, 1.807) is 0 Å². The fourth-order valence-electron chi connectivity index (χ4n) is 3.04. The predicted octanol–water partition coefficient (Wildman–Crippen LogP) is -4.18. The maximum Gasteiger partial charge on any atom is 0.326 e. The van der Waals surface area contributed by atoms with Crippen LogP contribution in [0.5, 0.6) is 0 Å². The number of rotatable bonds is 17. The number of carbonyl (C=O) groups excluding carboxylic acids is 5. The SMILES string of the molecule is NC(=O)CCC(NC(=O)C(N)CC(N)=O)C(=O)NC(Cc1cnc[nH]1)C(=O)NC(CCC(=O)O)C(=O)O. The van der Waals surface area contributed by atoms with E-state index < -0.39 is 84.9 Å². The summed E-state index contributed by atoms with van der Waals surface area (Å²) in [6.45, 7) is 0. The summed E-state index contributed by atoms with van der Waals surface area (Å²) in [5.74, 6) is -7.26. The van der Waals surface area contributed by atoms with Gasteiger partial charge in [0.25, 0.3) is 0 Å². The van der Waals surface area contributed by atoms with E-state index in [2.05, 4.69) is 25.9 Å². The summed E-state index contributed by atoms with van der Waals surface area (Å²) in [6, 6.07) is -5.79. The highest BCUT2D eigenvalue weighted by atomic mass is 16.4. The van der Waals surface area contributed by atoms with Crippen molar-refractivity contribution in [3.8, 4) is 0 Å². The van der Waals surface area contributed by atoms with E-state index >= 15 is 0 Å². The second-order valence-electron chi connectivity index (χ2n) is 8.02. The number of H-pyrrole nitrogens is 1. The summed E-state index contributed by atoms with van der Waals surface area (Å²) >= 11 is 0. The summed E-state index contributed by atoms with van der Waals surface area (Å²) in [4.78, 5) is 89.3.